The topological polar surface area (TPSA) is 421 Å². The lowest BCUT2D eigenvalue weighted by Crippen LogP contribution is -2.41. The fourth-order valence-electron chi connectivity index (χ4n) is 13.9. The summed E-state index contributed by atoms with van der Waals surface area (Å²) in [5.41, 5.74) is 12.2. The van der Waals surface area contributed by atoms with Crippen molar-refractivity contribution in [3.05, 3.63) is 109 Å². The van der Waals surface area contributed by atoms with Gasteiger partial charge in [-0.3, -0.25) is 29.8 Å². The Kier molecular flexibility index (Phi) is 25.2. The second-order valence-corrected chi connectivity index (χ2v) is 39.3. The average Bonchev–Trinajstić information content (AvgIpc) is 1.58. The SMILES string of the molecule is CC(=O)Nc1nc2cc(B3OC(C)(C)C(C)(C)O3)ccc2o1.CC(=O)Nc1nc2ccc(B3OC(C)(C)C(C)(C)O3)cc2o1.CC(=O)Nc1noc2cc(B3OC(C)(C)C(C)(C)O3)ccc12.CC(=O)Nc1noc2ccc(B3OC(C)(C)C(C)(C)O3)cc12.CC1(C)OB(c2ccc3oc(N)nc3c2)OC1(C)C.CC1(C)OB(c2ccc3onc(NC4CC4)c3c2)OC1(C)C. The molecule has 6 aromatic heterocycles. The second kappa shape index (κ2) is 34.4. The van der Waals surface area contributed by atoms with Gasteiger partial charge in [-0.05, 0) is 285 Å². The quantitative estimate of drug-likeness (QED) is 0.0619. The zero-order valence-electron chi connectivity index (χ0n) is 78.6. The predicted octanol–water partition coefficient (Wildman–Crippen LogP) is 12.8. The third kappa shape index (κ3) is 20.1. The summed E-state index contributed by atoms with van der Waals surface area (Å²) in [7, 11) is -2.58. The molecule has 0 spiro atoms. The molecule has 6 aromatic carbocycles. The van der Waals surface area contributed by atoms with Crippen LogP contribution in [0.15, 0.2) is 136 Å². The maximum Gasteiger partial charge on any atom is 0.494 e. The first kappa shape index (κ1) is 94.6. The van der Waals surface area contributed by atoms with E-state index in [4.69, 9.17) is 88.4 Å². The number of fused-ring (bicyclic) bond motifs is 6. The van der Waals surface area contributed by atoms with Crippen molar-refractivity contribution in [1.29, 1.82) is 0 Å². The summed E-state index contributed by atoms with van der Waals surface area (Å²) in [6.07, 6.45) is 2.40. The van der Waals surface area contributed by atoms with E-state index in [0.29, 0.717) is 62.1 Å². The van der Waals surface area contributed by atoms with Gasteiger partial charge in [-0.2, -0.15) is 15.0 Å². The zero-order chi connectivity index (χ0) is 93.9. The summed E-state index contributed by atoms with van der Waals surface area (Å²) in [6.45, 7) is 54.2. The summed E-state index contributed by atoms with van der Waals surface area (Å²) >= 11 is 0. The van der Waals surface area contributed by atoms with Crippen molar-refractivity contribution in [1.82, 2.24) is 30.4 Å². The van der Waals surface area contributed by atoms with Gasteiger partial charge in [0.15, 0.2) is 51.0 Å². The van der Waals surface area contributed by atoms with E-state index >= 15 is 0 Å². The number of oxazole rings is 3. The highest BCUT2D eigenvalue weighted by atomic mass is 16.7. The largest absolute Gasteiger partial charge is 0.494 e. The monoisotopic (exact) mass is 1770 g/mol. The molecule has 7 N–H and O–H groups in total. The third-order valence-electron chi connectivity index (χ3n) is 26.0. The molecule has 4 amide bonds. The number of hydrogen-bond donors (Lipinski definition) is 6. The van der Waals surface area contributed by atoms with E-state index < -0.39 is 80.4 Å². The molecular formula is C89H114B6N12O22. The maximum absolute atomic E-state index is 11.2. The van der Waals surface area contributed by atoms with Crippen LogP contribution in [0.4, 0.5) is 35.5 Å². The summed E-state index contributed by atoms with van der Waals surface area (Å²) in [5, 5.41) is 28.1. The summed E-state index contributed by atoms with van der Waals surface area (Å²) in [6, 6.07) is 34.9. The number of nitrogens with one attached hydrogen (secondary N) is 5. The van der Waals surface area contributed by atoms with E-state index in [1.165, 1.54) is 40.5 Å². The van der Waals surface area contributed by atoms with Gasteiger partial charge in [0.2, 0.25) is 23.6 Å². The number of anilines is 6. The van der Waals surface area contributed by atoms with Crippen molar-refractivity contribution >= 4 is 201 Å². The van der Waals surface area contributed by atoms with Crippen molar-refractivity contribution in [2.24, 2.45) is 0 Å². The summed E-state index contributed by atoms with van der Waals surface area (Å²) < 4.78 is 104. The van der Waals surface area contributed by atoms with Crippen LogP contribution in [0.1, 0.15) is 207 Å². The van der Waals surface area contributed by atoms with Gasteiger partial charge in [0.1, 0.15) is 16.6 Å². The van der Waals surface area contributed by atoms with Crippen LogP contribution in [0.2, 0.25) is 0 Å². The molecule has 7 aliphatic rings. The molecule has 12 heterocycles. The van der Waals surface area contributed by atoms with Gasteiger partial charge in [-0.15, -0.1) is 0 Å². The lowest BCUT2D eigenvalue weighted by atomic mass is 9.78. The van der Waals surface area contributed by atoms with E-state index in [2.05, 4.69) is 90.8 Å². The molecule has 34 nitrogen and oxygen atoms in total. The number of benzene rings is 6. The van der Waals surface area contributed by atoms with Crippen LogP contribution in [0.5, 0.6) is 0 Å². The minimum atomic E-state index is -0.463. The van der Waals surface area contributed by atoms with E-state index in [1.807, 2.05) is 229 Å². The van der Waals surface area contributed by atoms with Gasteiger partial charge in [-0.25, -0.2) is 0 Å². The van der Waals surface area contributed by atoms with Crippen LogP contribution in [-0.2, 0) is 75.0 Å². The van der Waals surface area contributed by atoms with Gasteiger partial charge >= 0.3 is 54.7 Å². The standard InChI is InChI=1S/C16H21BN2O3.4C15H19BN2O4.C13H17BN2O3/c1-15(2)16(3,4)22-17(21-15)10-5-8-13-12(9-10)14(19-20-13)18-11-6-7-11;1-9(19)17-13-18-11-8-10(6-7-12(11)20-13)16-21-14(2,3)15(4,5)22-16;1-9(19)17-13-11-8-10(6-7-12(11)20-18-13)16-21-14(2,3)15(4,5)22-16;1-9(19)17-13-18-11-7-6-10(8-12(11)20-13)16-21-14(2,3)15(4,5)22-16;1-9(19)17-13-11-7-6-10(8-12(11)20-18-13)16-21-14(2,3)15(4,5)22-16;1-12(2)13(3,4)19-14(18-12)8-5-6-10-9(7-8)16-11(15)17-10/h5,8-9,11H,6-7H2,1-4H3,(H,18,19);4*6-8H,1-5H3,(H,17,18,19);5-7H,1-4H3,(H2,15,16). The van der Waals surface area contributed by atoms with Crippen LogP contribution in [0, 0.1) is 0 Å². The molecule has 1 saturated carbocycles. The van der Waals surface area contributed by atoms with Crippen molar-refractivity contribution in [2.45, 2.75) is 280 Å². The first-order valence-electron chi connectivity index (χ1n) is 43.0. The Morgan fingerprint density at radius 3 is 0.930 bits per heavy atom. The van der Waals surface area contributed by atoms with E-state index in [1.54, 1.807) is 12.1 Å². The highest BCUT2D eigenvalue weighted by Crippen LogP contribution is 2.44. The molecule has 0 bridgehead atoms. The normalized spacial score (nSPS) is 20.4. The number of hydrogen-bond acceptors (Lipinski definition) is 30. The molecule has 12 aromatic rings. The van der Waals surface area contributed by atoms with E-state index in [-0.39, 0.29) is 71.2 Å². The Labute approximate surface area is 750 Å². The maximum atomic E-state index is 11.2. The minimum Gasteiger partial charge on any atom is -0.424 e. The molecule has 0 atom stereocenters. The molecular weight excluding hydrogens is 1650 g/mol. The van der Waals surface area contributed by atoms with Crippen molar-refractivity contribution in [3.63, 3.8) is 0 Å². The molecule has 0 unspecified atom stereocenters. The number of amides is 4. The molecule has 0 radical (unpaired) electrons. The van der Waals surface area contributed by atoms with Crippen molar-refractivity contribution in [3.8, 4) is 0 Å². The number of nitrogens with two attached hydrogens (primary N) is 1. The van der Waals surface area contributed by atoms with Crippen LogP contribution in [0.3, 0.4) is 0 Å². The number of carbonyl (C=O) groups excluding carboxylic acids is 4. The van der Waals surface area contributed by atoms with E-state index in [9.17, 15) is 19.2 Å². The van der Waals surface area contributed by atoms with E-state index in [0.717, 1.165) is 60.3 Å². The van der Waals surface area contributed by atoms with Gasteiger partial charge in [-0.1, -0.05) is 51.9 Å². The highest BCUT2D eigenvalue weighted by molar-refractivity contribution is 6.65. The van der Waals surface area contributed by atoms with Crippen LogP contribution >= 0.6 is 0 Å². The lowest BCUT2D eigenvalue weighted by molar-refractivity contribution is -0.115. The molecule has 19 rings (SSSR count). The summed E-state index contributed by atoms with van der Waals surface area (Å²) in [4.78, 5) is 57.0. The number of nitrogen functional groups attached to an aromatic ring is 1. The summed E-state index contributed by atoms with van der Waals surface area (Å²) in [5.74, 6) is 0.802. The number of nitrogens with zero attached hydrogens (tertiary/aromatic N) is 6. The van der Waals surface area contributed by atoms with Crippen molar-refractivity contribution < 1.29 is 102 Å². The first-order chi connectivity index (χ1) is 59.9. The molecule has 129 heavy (non-hydrogen) atoms. The number of rotatable bonds is 12. The molecule has 6 saturated heterocycles. The lowest BCUT2D eigenvalue weighted by Gasteiger charge is -2.32. The molecule has 1 aliphatic carbocycles. The molecule has 40 heteroatoms. The fraction of sp³-hybridized carbons (Fsp3) is 0.483. The van der Waals surface area contributed by atoms with Crippen LogP contribution in [0.25, 0.3) is 66.2 Å². The average molecular weight is 1770 g/mol. The van der Waals surface area contributed by atoms with Crippen LogP contribution in [-0.4, -0.2) is 170 Å². The van der Waals surface area contributed by atoms with Gasteiger partial charge < -0.3 is 104 Å². The Morgan fingerprint density at radius 2 is 0.566 bits per heavy atom. The zero-order valence-corrected chi connectivity index (χ0v) is 78.6. The molecule has 680 valence electrons. The second-order valence-electron chi connectivity index (χ2n) is 39.3. The Balaban J connectivity index is 0.000000125. The first-order valence-corrected chi connectivity index (χ1v) is 43.0. The Hall–Kier alpha value is -10.5. The van der Waals surface area contributed by atoms with Gasteiger partial charge in [0.25, 0.3) is 6.01 Å². The predicted molar refractivity (Wildman–Crippen MR) is 497 cm³/mol. The van der Waals surface area contributed by atoms with Crippen molar-refractivity contribution in [2.75, 3.05) is 32.3 Å². The molecule has 6 aliphatic heterocycles. The Morgan fingerprint density at radius 1 is 0.295 bits per heavy atom. The van der Waals surface area contributed by atoms with Gasteiger partial charge in [0, 0.05) is 33.7 Å². The highest BCUT2D eigenvalue weighted by Gasteiger charge is 2.57. The molecule has 7 fully saturated rings. The smallest absolute Gasteiger partial charge is 0.424 e. The Bertz CT molecular complexity index is 5930. The number of aromatic nitrogens is 6. The number of carbonyl (C=O) groups is 4. The minimum absolute atomic E-state index is 0.168. The van der Waals surface area contributed by atoms with Crippen LogP contribution < -0.4 is 65.1 Å². The fourth-order valence-corrected chi connectivity index (χ4v) is 13.9. The van der Waals surface area contributed by atoms with Gasteiger partial charge in [0.05, 0.1) is 83.4 Å². The third-order valence-corrected chi connectivity index (χ3v) is 26.0.